The molecule has 1 unspecified atom stereocenters. The molecule has 0 aliphatic carbocycles. The second-order valence-corrected chi connectivity index (χ2v) is 6.00. The van der Waals surface area contributed by atoms with E-state index in [2.05, 4.69) is 5.32 Å². The molecule has 0 aliphatic rings. The van der Waals surface area contributed by atoms with E-state index in [4.69, 9.17) is 4.74 Å². The molecule has 6 heteroatoms. The van der Waals surface area contributed by atoms with Gasteiger partial charge in [-0.25, -0.2) is 4.39 Å². The Morgan fingerprint density at radius 1 is 1.20 bits per heavy atom. The summed E-state index contributed by atoms with van der Waals surface area (Å²) in [5, 5.41) is 12.1. The molecule has 0 heterocycles. The Balaban J connectivity index is 1.98. The zero-order valence-electron chi connectivity index (χ0n) is 14.1. The molecule has 0 saturated heterocycles. The Kier molecular flexibility index (Phi) is 5.75. The number of ether oxygens (including phenoxy) is 1. The van der Waals surface area contributed by atoms with E-state index in [-0.39, 0.29) is 12.3 Å². The molecule has 2 aromatic rings. The van der Waals surface area contributed by atoms with Crippen molar-refractivity contribution in [1.82, 2.24) is 5.32 Å². The fraction of sp³-hybridized carbons (Fsp3) is 0.263. The summed E-state index contributed by atoms with van der Waals surface area (Å²) in [6.07, 6.45) is 0. The molecule has 132 valence electrons. The number of carboxylic acids is 1. The predicted octanol–water partition coefficient (Wildman–Crippen LogP) is 2.67. The summed E-state index contributed by atoms with van der Waals surface area (Å²) >= 11 is 0. The Morgan fingerprint density at radius 2 is 1.88 bits per heavy atom. The molecule has 1 amide bonds. The Hall–Kier alpha value is -2.89. The number of hydrogen-bond donors (Lipinski definition) is 2. The number of carbonyl (C=O) groups excluding carboxylic acids is 1. The van der Waals surface area contributed by atoms with Crippen molar-refractivity contribution in [3.05, 3.63) is 65.5 Å². The van der Waals surface area contributed by atoms with E-state index in [1.54, 1.807) is 43.3 Å². The summed E-state index contributed by atoms with van der Waals surface area (Å²) in [6.45, 7) is 2.81. The number of hydrogen-bond acceptors (Lipinski definition) is 3. The Morgan fingerprint density at radius 3 is 2.52 bits per heavy atom. The van der Waals surface area contributed by atoms with Gasteiger partial charge in [0, 0.05) is 6.54 Å². The summed E-state index contributed by atoms with van der Waals surface area (Å²) in [7, 11) is 0. The van der Waals surface area contributed by atoms with Crippen molar-refractivity contribution in [3.8, 4) is 5.75 Å². The highest BCUT2D eigenvalue weighted by molar-refractivity contribution is 5.83. The third-order valence-corrected chi connectivity index (χ3v) is 3.97. The van der Waals surface area contributed by atoms with Gasteiger partial charge in [-0.3, -0.25) is 9.59 Å². The fourth-order valence-corrected chi connectivity index (χ4v) is 2.30. The number of aryl methyl sites for hydroxylation is 1. The van der Waals surface area contributed by atoms with Crippen molar-refractivity contribution in [3.63, 3.8) is 0 Å². The first-order valence-corrected chi connectivity index (χ1v) is 7.77. The van der Waals surface area contributed by atoms with Crippen LogP contribution in [-0.2, 0) is 15.0 Å². The lowest BCUT2D eigenvalue weighted by atomic mass is 9.82. The quantitative estimate of drug-likeness (QED) is 0.809. The lowest BCUT2D eigenvalue weighted by molar-refractivity contribution is -0.143. The molecular weight excluding hydrogens is 325 g/mol. The van der Waals surface area contributed by atoms with Crippen LogP contribution in [0.25, 0.3) is 0 Å². The van der Waals surface area contributed by atoms with Gasteiger partial charge in [0.2, 0.25) is 0 Å². The third kappa shape index (κ3) is 4.56. The Labute approximate surface area is 145 Å². The van der Waals surface area contributed by atoms with Crippen molar-refractivity contribution in [1.29, 1.82) is 0 Å². The normalized spacial score (nSPS) is 12.9. The van der Waals surface area contributed by atoms with E-state index in [9.17, 15) is 19.1 Å². The van der Waals surface area contributed by atoms with E-state index >= 15 is 0 Å². The van der Waals surface area contributed by atoms with Crippen LogP contribution in [-0.4, -0.2) is 30.1 Å². The molecule has 0 spiro atoms. The molecule has 1 atom stereocenters. The van der Waals surface area contributed by atoms with Gasteiger partial charge in [0.25, 0.3) is 5.91 Å². The highest BCUT2D eigenvalue weighted by Gasteiger charge is 2.35. The first-order valence-electron chi connectivity index (χ1n) is 7.77. The summed E-state index contributed by atoms with van der Waals surface area (Å²) in [6, 6.07) is 13.0. The standard InChI is InChI=1S/C19H20FNO4/c1-13-8-9-15(20)16(10-13)25-11-17(22)21-12-19(2,18(23)24)14-6-4-3-5-7-14/h3-10H,11-12H2,1-2H3,(H,21,22)(H,23,24). The maximum absolute atomic E-state index is 13.6. The first-order chi connectivity index (χ1) is 11.8. The summed E-state index contributed by atoms with van der Waals surface area (Å²) in [4.78, 5) is 23.6. The van der Waals surface area contributed by atoms with E-state index in [1.165, 1.54) is 19.1 Å². The van der Waals surface area contributed by atoms with E-state index < -0.39 is 29.7 Å². The monoisotopic (exact) mass is 345 g/mol. The molecule has 0 radical (unpaired) electrons. The molecule has 0 fully saturated rings. The Bertz CT molecular complexity index is 763. The molecule has 0 saturated carbocycles. The number of aliphatic carboxylic acids is 1. The van der Waals surface area contributed by atoms with Crippen molar-refractivity contribution in [2.24, 2.45) is 0 Å². The summed E-state index contributed by atoms with van der Waals surface area (Å²) in [5.74, 6) is -2.15. The molecule has 0 bridgehead atoms. The summed E-state index contributed by atoms with van der Waals surface area (Å²) in [5.41, 5.74) is 0.110. The number of benzene rings is 2. The van der Waals surface area contributed by atoms with Gasteiger partial charge in [-0.1, -0.05) is 36.4 Å². The first kappa shape index (κ1) is 18.4. The highest BCUT2D eigenvalue weighted by Crippen LogP contribution is 2.23. The van der Waals surface area contributed by atoms with Gasteiger partial charge in [-0.15, -0.1) is 0 Å². The van der Waals surface area contributed by atoms with Crippen molar-refractivity contribution >= 4 is 11.9 Å². The van der Waals surface area contributed by atoms with Crippen LogP contribution in [0.3, 0.4) is 0 Å². The molecule has 2 aromatic carbocycles. The number of carboxylic acid groups (broad SMARTS) is 1. The highest BCUT2D eigenvalue weighted by atomic mass is 19.1. The topological polar surface area (TPSA) is 75.6 Å². The minimum Gasteiger partial charge on any atom is -0.481 e. The van der Waals surface area contributed by atoms with Crippen LogP contribution in [0.5, 0.6) is 5.75 Å². The second-order valence-electron chi connectivity index (χ2n) is 6.00. The van der Waals surface area contributed by atoms with Crippen LogP contribution >= 0.6 is 0 Å². The van der Waals surface area contributed by atoms with Crippen molar-refractivity contribution < 1.29 is 23.8 Å². The third-order valence-electron chi connectivity index (χ3n) is 3.97. The van der Waals surface area contributed by atoms with Crippen LogP contribution in [0.1, 0.15) is 18.1 Å². The zero-order chi connectivity index (χ0) is 18.4. The van der Waals surface area contributed by atoms with Gasteiger partial charge in [-0.05, 0) is 37.1 Å². The largest absolute Gasteiger partial charge is 0.481 e. The van der Waals surface area contributed by atoms with Crippen molar-refractivity contribution in [2.45, 2.75) is 19.3 Å². The SMILES string of the molecule is Cc1ccc(F)c(OCC(=O)NCC(C)(C(=O)O)c2ccccc2)c1. The molecular formula is C19H20FNO4. The van der Waals surface area contributed by atoms with E-state index in [1.807, 2.05) is 0 Å². The molecule has 5 nitrogen and oxygen atoms in total. The summed E-state index contributed by atoms with van der Waals surface area (Å²) < 4.78 is 18.8. The number of halogens is 1. The smallest absolute Gasteiger partial charge is 0.315 e. The molecule has 2 N–H and O–H groups in total. The number of amides is 1. The number of nitrogens with one attached hydrogen (secondary N) is 1. The van der Waals surface area contributed by atoms with E-state index in [0.29, 0.717) is 5.56 Å². The van der Waals surface area contributed by atoms with Crippen LogP contribution in [0.2, 0.25) is 0 Å². The van der Waals surface area contributed by atoms with Crippen LogP contribution in [0.4, 0.5) is 4.39 Å². The van der Waals surface area contributed by atoms with Gasteiger partial charge in [0.05, 0.1) is 0 Å². The number of rotatable bonds is 7. The second kappa shape index (κ2) is 7.79. The van der Waals surface area contributed by atoms with Gasteiger partial charge in [0.15, 0.2) is 18.2 Å². The minimum absolute atomic E-state index is 0.0146. The average Bonchev–Trinajstić information content (AvgIpc) is 2.61. The number of carbonyl (C=O) groups is 2. The van der Waals surface area contributed by atoms with Crippen LogP contribution in [0, 0.1) is 12.7 Å². The lowest BCUT2D eigenvalue weighted by Crippen LogP contribution is -2.45. The average molecular weight is 345 g/mol. The predicted molar refractivity (Wildman–Crippen MR) is 91.1 cm³/mol. The zero-order valence-corrected chi connectivity index (χ0v) is 14.1. The van der Waals surface area contributed by atoms with Gasteiger partial charge in [-0.2, -0.15) is 0 Å². The van der Waals surface area contributed by atoms with Gasteiger partial charge in [0.1, 0.15) is 5.41 Å². The fourth-order valence-electron chi connectivity index (χ4n) is 2.30. The maximum Gasteiger partial charge on any atom is 0.315 e. The minimum atomic E-state index is -1.27. The lowest BCUT2D eigenvalue weighted by Gasteiger charge is -2.25. The van der Waals surface area contributed by atoms with Crippen LogP contribution in [0.15, 0.2) is 48.5 Å². The van der Waals surface area contributed by atoms with Gasteiger partial charge >= 0.3 is 5.97 Å². The maximum atomic E-state index is 13.6. The van der Waals surface area contributed by atoms with E-state index in [0.717, 1.165) is 5.56 Å². The van der Waals surface area contributed by atoms with Gasteiger partial charge < -0.3 is 15.2 Å². The van der Waals surface area contributed by atoms with Crippen LogP contribution < -0.4 is 10.1 Å². The molecule has 25 heavy (non-hydrogen) atoms. The molecule has 0 aromatic heterocycles. The van der Waals surface area contributed by atoms with Crippen molar-refractivity contribution in [2.75, 3.05) is 13.2 Å². The molecule has 2 rings (SSSR count). The molecule has 0 aliphatic heterocycles.